The average molecular weight is 288 g/mol. The van der Waals surface area contributed by atoms with E-state index < -0.39 is 11.6 Å². The van der Waals surface area contributed by atoms with Crippen LogP contribution in [-0.2, 0) is 11.2 Å². The summed E-state index contributed by atoms with van der Waals surface area (Å²) in [7, 11) is 0. The second-order valence-electron chi connectivity index (χ2n) is 4.89. The van der Waals surface area contributed by atoms with E-state index in [0.29, 0.717) is 0 Å². The highest BCUT2D eigenvalue weighted by molar-refractivity contribution is 6.21. The zero-order chi connectivity index (χ0) is 13.8. The molecule has 5 heteroatoms. The number of rotatable bonds is 3. The van der Waals surface area contributed by atoms with Crippen LogP contribution in [0.5, 0.6) is 0 Å². The lowest BCUT2D eigenvalue weighted by molar-refractivity contribution is -0.121. The van der Waals surface area contributed by atoms with Gasteiger partial charge >= 0.3 is 0 Å². The number of halogens is 3. The van der Waals surface area contributed by atoms with E-state index in [2.05, 4.69) is 5.32 Å². The lowest BCUT2D eigenvalue weighted by Crippen LogP contribution is -2.43. The van der Waals surface area contributed by atoms with Gasteiger partial charge in [-0.15, -0.1) is 11.6 Å². The highest BCUT2D eigenvalue weighted by Crippen LogP contribution is 2.23. The van der Waals surface area contributed by atoms with Crippen molar-refractivity contribution < 1.29 is 13.6 Å². The summed E-state index contributed by atoms with van der Waals surface area (Å²) in [5.41, 5.74) is 0.195. The molecule has 0 radical (unpaired) electrons. The standard InChI is InChI=1S/C14H16ClF2NO/c15-11-3-1-2-4-13(11)18-14(19)7-9-5-6-10(16)8-12(9)17/h5-6,8,11,13H,1-4,7H2,(H,18,19). The van der Waals surface area contributed by atoms with Gasteiger partial charge in [-0.2, -0.15) is 0 Å². The van der Waals surface area contributed by atoms with Gasteiger partial charge in [0.25, 0.3) is 0 Å². The van der Waals surface area contributed by atoms with E-state index in [-0.39, 0.29) is 29.3 Å². The Morgan fingerprint density at radius 3 is 2.74 bits per heavy atom. The molecule has 1 fully saturated rings. The molecule has 1 saturated carbocycles. The molecule has 1 aromatic carbocycles. The summed E-state index contributed by atoms with van der Waals surface area (Å²) >= 11 is 6.14. The quantitative estimate of drug-likeness (QED) is 0.850. The van der Waals surface area contributed by atoms with E-state index >= 15 is 0 Å². The molecule has 0 aromatic heterocycles. The normalized spacial score (nSPS) is 23.1. The van der Waals surface area contributed by atoms with E-state index in [1.165, 1.54) is 6.07 Å². The second kappa shape index (κ2) is 6.33. The summed E-state index contributed by atoms with van der Waals surface area (Å²) in [6.45, 7) is 0. The summed E-state index contributed by atoms with van der Waals surface area (Å²) in [5, 5.41) is 2.77. The maximum Gasteiger partial charge on any atom is 0.224 e. The first kappa shape index (κ1) is 14.3. The molecule has 2 nitrogen and oxygen atoms in total. The number of carbonyl (C=O) groups excluding carboxylic acids is 1. The molecule has 0 aliphatic heterocycles. The summed E-state index contributed by atoms with van der Waals surface area (Å²) in [4.78, 5) is 11.8. The van der Waals surface area contributed by atoms with Crippen molar-refractivity contribution in [2.75, 3.05) is 0 Å². The summed E-state index contributed by atoms with van der Waals surface area (Å²) in [6, 6.07) is 3.18. The van der Waals surface area contributed by atoms with Crippen LogP contribution in [0.15, 0.2) is 18.2 Å². The first-order valence-electron chi connectivity index (χ1n) is 6.43. The lowest BCUT2D eigenvalue weighted by Gasteiger charge is -2.27. The van der Waals surface area contributed by atoms with Crippen LogP contribution in [0.4, 0.5) is 8.78 Å². The van der Waals surface area contributed by atoms with E-state index in [0.717, 1.165) is 37.8 Å². The Balaban J connectivity index is 1.93. The fourth-order valence-electron chi connectivity index (χ4n) is 2.34. The van der Waals surface area contributed by atoms with Crippen LogP contribution in [0.1, 0.15) is 31.2 Å². The maximum atomic E-state index is 13.4. The van der Waals surface area contributed by atoms with Crippen molar-refractivity contribution in [2.24, 2.45) is 0 Å². The Hall–Kier alpha value is -1.16. The molecule has 1 aliphatic carbocycles. The average Bonchev–Trinajstić information content (AvgIpc) is 2.36. The number of alkyl halides is 1. The van der Waals surface area contributed by atoms with E-state index in [4.69, 9.17) is 11.6 Å². The topological polar surface area (TPSA) is 29.1 Å². The smallest absolute Gasteiger partial charge is 0.224 e. The molecule has 0 spiro atoms. The third kappa shape index (κ3) is 3.90. The molecule has 1 N–H and O–H groups in total. The van der Waals surface area contributed by atoms with Crippen LogP contribution >= 0.6 is 11.6 Å². The van der Waals surface area contributed by atoms with Crippen molar-refractivity contribution in [3.8, 4) is 0 Å². The zero-order valence-corrected chi connectivity index (χ0v) is 11.2. The van der Waals surface area contributed by atoms with Crippen LogP contribution in [0.25, 0.3) is 0 Å². The van der Waals surface area contributed by atoms with E-state index in [9.17, 15) is 13.6 Å². The van der Waals surface area contributed by atoms with Gasteiger partial charge in [0, 0.05) is 12.1 Å². The van der Waals surface area contributed by atoms with Gasteiger partial charge in [-0.05, 0) is 24.5 Å². The Labute approximate surface area is 116 Å². The Morgan fingerprint density at radius 1 is 1.32 bits per heavy atom. The third-order valence-electron chi connectivity index (χ3n) is 3.39. The summed E-state index contributed by atoms with van der Waals surface area (Å²) in [6.07, 6.45) is 3.77. The van der Waals surface area contributed by atoms with E-state index in [1.807, 2.05) is 0 Å². The fourth-order valence-corrected chi connectivity index (χ4v) is 2.69. The Kier molecular flexibility index (Phi) is 4.75. The van der Waals surface area contributed by atoms with Gasteiger partial charge in [-0.1, -0.05) is 18.9 Å². The first-order chi connectivity index (χ1) is 9.06. The minimum absolute atomic E-state index is 0.0496. The highest BCUT2D eigenvalue weighted by Gasteiger charge is 2.24. The second-order valence-corrected chi connectivity index (χ2v) is 5.45. The number of carbonyl (C=O) groups is 1. The molecule has 1 amide bonds. The molecular weight excluding hydrogens is 272 g/mol. The molecule has 19 heavy (non-hydrogen) atoms. The minimum Gasteiger partial charge on any atom is -0.352 e. The molecule has 0 saturated heterocycles. The SMILES string of the molecule is O=C(Cc1ccc(F)cc1F)NC1CCCCC1Cl. The van der Waals surface area contributed by atoms with Crippen molar-refractivity contribution in [3.63, 3.8) is 0 Å². The number of benzene rings is 1. The molecule has 2 atom stereocenters. The highest BCUT2D eigenvalue weighted by atomic mass is 35.5. The number of hydrogen-bond donors (Lipinski definition) is 1. The molecule has 2 unspecified atom stereocenters. The van der Waals surface area contributed by atoms with Crippen molar-refractivity contribution in [3.05, 3.63) is 35.4 Å². The molecule has 104 valence electrons. The van der Waals surface area contributed by atoms with Gasteiger partial charge in [0.1, 0.15) is 11.6 Å². The van der Waals surface area contributed by atoms with Crippen LogP contribution in [0.2, 0.25) is 0 Å². The van der Waals surface area contributed by atoms with Crippen molar-refractivity contribution in [1.29, 1.82) is 0 Å². The van der Waals surface area contributed by atoms with Gasteiger partial charge in [0.15, 0.2) is 0 Å². The molecular formula is C14H16ClF2NO. The molecule has 0 bridgehead atoms. The number of hydrogen-bond acceptors (Lipinski definition) is 1. The maximum absolute atomic E-state index is 13.4. The molecule has 0 heterocycles. The van der Waals surface area contributed by atoms with Crippen LogP contribution in [-0.4, -0.2) is 17.3 Å². The van der Waals surface area contributed by atoms with Crippen LogP contribution < -0.4 is 5.32 Å². The lowest BCUT2D eigenvalue weighted by atomic mass is 9.94. The predicted octanol–water partition coefficient (Wildman–Crippen LogP) is 3.17. The summed E-state index contributed by atoms with van der Waals surface area (Å²) in [5.74, 6) is -1.61. The van der Waals surface area contributed by atoms with Crippen molar-refractivity contribution in [2.45, 2.75) is 43.5 Å². The van der Waals surface area contributed by atoms with Gasteiger partial charge in [0.05, 0.1) is 11.8 Å². The number of nitrogens with one attached hydrogen (secondary N) is 1. The largest absolute Gasteiger partial charge is 0.352 e. The minimum atomic E-state index is -0.693. The molecule has 2 rings (SSSR count). The van der Waals surface area contributed by atoms with Gasteiger partial charge in [-0.25, -0.2) is 8.78 Å². The first-order valence-corrected chi connectivity index (χ1v) is 6.87. The predicted molar refractivity (Wildman–Crippen MR) is 70.1 cm³/mol. The monoisotopic (exact) mass is 287 g/mol. The van der Waals surface area contributed by atoms with Gasteiger partial charge < -0.3 is 5.32 Å². The summed E-state index contributed by atoms with van der Waals surface area (Å²) < 4.78 is 26.2. The fraction of sp³-hybridized carbons (Fsp3) is 0.500. The van der Waals surface area contributed by atoms with E-state index in [1.54, 1.807) is 0 Å². The molecule has 1 aromatic rings. The van der Waals surface area contributed by atoms with Crippen molar-refractivity contribution in [1.82, 2.24) is 5.32 Å². The van der Waals surface area contributed by atoms with Gasteiger partial charge in [-0.3, -0.25) is 4.79 Å². The van der Waals surface area contributed by atoms with Crippen molar-refractivity contribution >= 4 is 17.5 Å². The van der Waals surface area contributed by atoms with Gasteiger partial charge in [0.2, 0.25) is 5.91 Å². The Bertz CT molecular complexity index is 467. The Morgan fingerprint density at radius 2 is 2.05 bits per heavy atom. The van der Waals surface area contributed by atoms with Crippen LogP contribution in [0.3, 0.4) is 0 Å². The zero-order valence-electron chi connectivity index (χ0n) is 10.5. The van der Waals surface area contributed by atoms with Crippen LogP contribution in [0, 0.1) is 11.6 Å². The molecule has 1 aliphatic rings. The third-order valence-corrected chi connectivity index (χ3v) is 3.92. The number of amides is 1.